The molecule has 1 saturated carbocycles. The summed E-state index contributed by atoms with van der Waals surface area (Å²) in [6, 6.07) is 8.23. The molecule has 4 heteroatoms. The Morgan fingerprint density at radius 2 is 2.09 bits per heavy atom. The smallest absolute Gasteiger partial charge is 0.307 e. The second-order valence-corrected chi connectivity index (χ2v) is 6.84. The summed E-state index contributed by atoms with van der Waals surface area (Å²) in [4.78, 5) is 14.0. The molecule has 23 heavy (non-hydrogen) atoms. The van der Waals surface area contributed by atoms with E-state index >= 15 is 0 Å². The van der Waals surface area contributed by atoms with Gasteiger partial charge in [-0.25, -0.2) is 0 Å². The molecule has 0 unspecified atom stereocenters. The Morgan fingerprint density at radius 1 is 1.26 bits per heavy atom. The molecule has 2 heterocycles. The van der Waals surface area contributed by atoms with Gasteiger partial charge < -0.3 is 10.0 Å². The van der Waals surface area contributed by atoms with Gasteiger partial charge in [0.15, 0.2) is 0 Å². The van der Waals surface area contributed by atoms with Crippen LogP contribution in [-0.2, 0) is 11.3 Å². The van der Waals surface area contributed by atoms with Gasteiger partial charge in [0, 0.05) is 24.4 Å². The number of allylic oxidation sites excluding steroid dienone is 4. The molecule has 3 aliphatic rings. The molecule has 2 atom stereocenters. The Labute approximate surface area is 140 Å². The minimum absolute atomic E-state index is 0.0348. The molecule has 0 aromatic heterocycles. The second-order valence-electron chi connectivity index (χ2n) is 6.40. The molecule has 0 amide bonds. The van der Waals surface area contributed by atoms with Crippen LogP contribution in [0.5, 0.6) is 0 Å². The summed E-state index contributed by atoms with van der Waals surface area (Å²) in [5.74, 6) is -1.07. The van der Waals surface area contributed by atoms with Crippen LogP contribution in [0.2, 0.25) is 0 Å². The predicted octanol–water partition coefficient (Wildman–Crippen LogP) is 4.37. The van der Waals surface area contributed by atoms with Crippen LogP contribution >= 0.6 is 11.6 Å². The monoisotopic (exact) mass is 327 g/mol. The number of rotatable bonds is 1. The van der Waals surface area contributed by atoms with Crippen molar-refractivity contribution in [2.45, 2.75) is 31.7 Å². The van der Waals surface area contributed by atoms with Crippen LogP contribution in [0.4, 0.5) is 0 Å². The molecule has 1 N–H and O–H groups in total. The average molecular weight is 328 g/mol. The number of hydrogen-bond donors (Lipinski definition) is 1. The molecule has 1 fully saturated rings. The third-order valence-corrected chi connectivity index (χ3v) is 5.33. The zero-order valence-electron chi connectivity index (χ0n) is 12.7. The van der Waals surface area contributed by atoms with Gasteiger partial charge in [-0.3, -0.25) is 4.79 Å². The average Bonchev–Trinajstić information content (AvgIpc) is 2.68. The van der Waals surface area contributed by atoms with E-state index in [0.717, 1.165) is 37.1 Å². The molecule has 2 aliphatic heterocycles. The van der Waals surface area contributed by atoms with Crippen molar-refractivity contribution in [3.05, 3.63) is 70.0 Å². The minimum atomic E-state index is -0.690. The fourth-order valence-electron chi connectivity index (χ4n) is 4.14. The maximum Gasteiger partial charge on any atom is 0.307 e. The van der Waals surface area contributed by atoms with Crippen LogP contribution in [0.25, 0.3) is 0 Å². The number of carboxylic acids is 1. The van der Waals surface area contributed by atoms with Crippen LogP contribution < -0.4 is 0 Å². The van der Waals surface area contributed by atoms with Gasteiger partial charge in [-0.1, -0.05) is 35.9 Å². The van der Waals surface area contributed by atoms with Crippen LogP contribution in [0.1, 0.15) is 36.3 Å². The highest BCUT2D eigenvalue weighted by Gasteiger charge is 2.39. The number of nitrogens with zero attached hydrogens (tertiary/aromatic N) is 1. The molecule has 0 spiro atoms. The van der Waals surface area contributed by atoms with E-state index in [2.05, 4.69) is 17.0 Å². The molecule has 1 aliphatic carbocycles. The molecule has 0 radical (unpaired) electrons. The van der Waals surface area contributed by atoms with Crippen molar-refractivity contribution in [3.8, 4) is 0 Å². The lowest BCUT2D eigenvalue weighted by Gasteiger charge is -2.33. The molecule has 1 aromatic carbocycles. The van der Waals surface area contributed by atoms with Gasteiger partial charge in [-0.05, 0) is 48.1 Å². The van der Waals surface area contributed by atoms with E-state index < -0.39 is 5.97 Å². The standard InChI is InChI=1S/C19H18ClNO2/c20-13-8-9-17-15-6-3-7-16(19(22)23)18(15)14-5-2-1-4-12(14)10-21(17)11-13/h1-2,4-5,8-9,11,16,18H,3,6-7,10H2,(H,22,23)/t16-,18-/m1/s1. The maximum absolute atomic E-state index is 11.9. The van der Waals surface area contributed by atoms with E-state index in [4.69, 9.17) is 11.6 Å². The summed E-state index contributed by atoms with van der Waals surface area (Å²) < 4.78 is 0. The third-order valence-electron chi connectivity index (χ3n) is 5.11. The van der Waals surface area contributed by atoms with Crippen molar-refractivity contribution in [1.29, 1.82) is 0 Å². The number of carboxylic acid groups (broad SMARTS) is 1. The Kier molecular flexibility index (Phi) is 3.53. The van der Waals surface area contributed by atoms with E-state index in [0.29, 0.717) is 5.03 Å². The molecule has 1 aromatic rings. The zero-order valence-corrected chi connectivity index (χ0v) is 13.5. The van der Waals surface area contributed by atoms with Gasteiger partial charge >= 0.3 is 5.97 Å². The number of fused-ring (bicyclic) bond motifs is 4. The number of hydrogen-bond acceptors (Lipinski definition) is 2. The molecule has 118 valence electrons. The van der Waals surface area contributed by atoms with Gasteiger partial charge in [-0.2, -0.15) is 0 Å². The summed E-state index contributed by atoms with van der Waals surface area (Å²) in [6.07, 6.45) is 8.51. The van der Waals surface area contributed by atoms with Crippen LogP contribution in [0.3, 0.4) is 0 Å². The Balaban J connectivity index is 1.94. The predicted molar refractivity (Wildman–Crippen MR) is 89.8 cm³/mol. The molecular formula is C19H18ClNO2. The topological polar surface area (TPSA) is 40.5 Å². The zero-order chi connectivity index (χ0) is 16.0. The van der Waals surface area contributed by atoms with E-state index in [1.807, 2.05) is 30.5 Å². The van der Waals surface area contributed by atoms with E-state index in [-0.39, 0.29) is 11.8 Å². The first-order chi connectivity index (χ1) is 11.1. The third kappa shape index (κ3) is 2.40. The molecule has 3 nitrogen and oxygen atoms in total. The van der Waals surface area contributed by atoms with E-state index in [9.17, 15) is 9.90 Å². The lowest BCUT2D eigenvalue weighted by molar-refractivity contribution is -0.142. The van der Waals surface area contributed by atoms with Crippen molar-refractivity contribution < 1.29 is 9.90 Å². The van der Waals surface area contributed by atoms with Crippen LogP contribution in [-0.4, -0.2) is 16.0 Å². The molecular weight excluding hydrogens is 310 g/mol. The summed E-state index contributed by atoms with van der Waals surface area (Å²) in [5.41, 5.74) is 4.72. The van der Waals surface area contributed by atoms with E-state index in [1.54, 1.807) is 0 Å². The lowest BCUT2D eigenvalue weighted by atomic mass is 9.71. The second kappa shape index (κ2) is 5.57. The molecule has 0 bridgehead atoms. The fourth-order valence-corrected chi connectivity index (χ4v) is 4.32. The number of aliphatic carboxylic acids is 1. The Bertz CT molecular complexity index is 762. The summed E-state index contributed by atoms with van der Waals surface area (Å²) in [7, 11) is 0. The highest BCUT2D eigenvalue weighted by molar-refractivity contribution is 6.31. The van der Waals surface area contributed by atoms with Crippen molar-refractivity contribution >= 4 is 17.6 Å². The maximum atomic E-state index is 11.9. The summed E-state index contributed by atoms with van der Waals surface area (Å²) in [6.45, 7) is 0.735. The SMILES string of the molecule is O=C(O)[C@@H]1CCCC2=C3C=CC(Cl)=CN3Cc3ccccc3[C@H]21. The first-order valence-electron chi connectivity index (χ1n) is 8.01. The molecule has 4 rings (SSSR count). The highest BCUT2D eigenvalue weighted by atomic mass is 35.5. The fraction of sp³-hybridized carbons (Fsp3) is 0.316. The van der Waals surface area contributed by atoms with Gasteiger partial charge in [0.25, 0.3) is 0 Å². The number of benzene rings is 1. The minimum Gasteiger partial charge on any atom is -0.481 e. The van der Waals surface area contributed by atoms with Gasteiger partial charge in [0.1, 0.15) is 0 Å². The van der Waals surface area contributed by atoms with Crippen molar-refractivity contribution in [3.63, 3.8) is 0 Å². The van der Waals surface area contributed by atoms with Crippen LogP contribution in [0.15, 0.2) is 58.9 Å². The Morgan fingerprint density at radius 3 is 2.91 bits per heavy atom. The van der Waals surface area contributed by atoms with Gasteiger partial charge in [-0.15, -0.1) is 0 Å². The van der Waals surface area contributed by atoms with Crippen molar-refractivity contribution in [1.82, 2.24) is 4.90 Å². The molecule has 0 saturated heterocycles. The largest absolute Gasteiger partial charge is 0.481 e. The normalized spacial score (nSPS) is 26.0. The van der Waals surface area contributed by atoms with Crippen LogP contribution in [0, 0.1) is 5.92 Å². The van der Waals surface area contributed by atoms with E-state index in [1.165, 1.54) is 11.1 Å². The van der Waals surface area contributed by atoms with Crippen molar-refractivity contribution in [2.24, 2.45) is 5.92 Å². The number of halogens is 1. The van der Waals surface area contributed by atoms with Gasteiger partial charge in [0.05, 0.1) is 11.0 Å². The lowest BCUT2D eigenvalue weighted by Crippen LogP contribution is -2.28. The highest BCUT2D eigenvalue weighted by Crippen LogP contribution is 2.47. The number of carbonyl (C=O) groups is 1. The quantitative estimate of drug-likeness (QED) is 0.832. The first kappa shape index (κ1) is 14.6. The van der Waals surface area contributed by atoms with Gasteiger partial charge in [0.2, 0.25) is 0 Å². The summed E-state index contributed by atoms with van der Waals surface area (Å²) in [5, 5.41) is 10.4. The van der Waals surface area contributed by atoms with Crippen molar-refractivity contribution in [2.75, 3.05) is 0 Å². The first-order valence-corrected chi connectivity index (χ1v) is 8.38. The Hall–Kier alpha value is -2.00. The summed E-state index contributed by atoms with van der Waals surface area (Å²) >= 11 is 6.19.